The molecule has 0 bridgehead atoms. The maximum atomic E-state index is 10.6. The molecule has 14 heavy (non-hydrogen) atoms. The van der Waals surface area contributed by atoms with Gasteiger partial charge in [-0.2, -0.15) is 0 Å². The number of carboxylic acid groups (broad SMARTS) is 1. The average molecular weight is 195 g/mol. The van der Waals surface area contributed by atoms with Crippen molar-refractivity contribution in [3.63, 3.8) is 0 Å². The summed E-state index contributed by atoms with van der Waals surface area (Å²) < 4.78 is 0. The summed E-state index contributed by atoms with van der Waals surface area (Å²) in [6, 6.07) is 0.447. The second-order valence-corrected chi connectivity index (χ2v) is 3.58. The van der Waals surface area contributed by atoms with E-state index in [1.807, 2.05) is 0 Å². The van der Waals surface area contributed by atoms with Crippen LogP contribution in [-0.4, -0.2) is 27.1 Å². The summed E-state index contributed by atoms with van der Waals surface area (Å²) in [4.78, 5) is 17.2. The van der Waals surface area contributed by atoms with Crippen molar-refractivity contribution in [1.82, 2.24) is 9.97 Å². The monoisotopic (exact) mass is 195 g/mol. The van der Waals surface area contributed by atoms with Gasteiger partial charge in [0.1, 0.15) is 5.69 Å². The molecule has 0 atom stereocenters. The number of aromatic nitrogens is 2. The fourth-order valence-corrected chi connectivity index (χ4v) is 1.77. The summed E-state index contributed by atoms with van der Waals surface area (Å²) in [5.41, 5.74) is 0.130. The zero-order valence-corrected chi connectivity index (χ0v) is 7.79. The van der Waals surface area contributed by atoms with Gasteiger partial charge in [-0.05, 0) is 12.8 Å². The molecule has 0 unspecified atom stereocenters. The van der Waals surface area contributed by atoms with Crippen LogP contribution in [0.4, 0.5) is 5.95 Å². The highest BCUT2D eigenvalue weighted by atomic mass is 16.4. The Labute approximate surface area is 81.5 Å². The van der Waals surface area contributed by atoms with Crippen LogP contribution < -0.4 is 5.32 Å². The van der Waals surface area contributed by atoms with Crippen LogP contribution in [0.2, 0.25) is 0 Å². The van der Waals surface area contributed by atoms with Crippen LogP contribution >= 0.6 is 0 Å². The van der Waals surface area contributed by atoms with Crippen molar-refractivity contribution in [2.45, 2.75) is 31.7 Å². The first-order valence-electron chi connectivity index (χ1n) is 4.80. The minimum atomic E-state index is -0.975. The van der Waals surface area contributed by atoms with Crippen molar-refractivity contribution in [3.8, 4) is 0 Å². The van der Waals surface area contributed by atoms with E-state index in [-0.39, 0.29) is 5.69 Å². The Hall–Kier alpha value is -1.52. The Balaban J connectivity index is 1.98. The van der Waals surface area contributed by atoms with E-state index in [9.17, 15) is 4.79 Å². The fourth-order valence-electron chi connectivity index (χ4n) is 1.77. The molecular formula is C9H13N3O2. The number of hydrogen-bond donors (Lipinski definition) is 3. The molecule has 1 aromatic rings. The van der Waals surface area contributed by atoms with Crippen LogP contribution in [0.15, 0.2) is 6.20 Å². The van der Waals surface area contributed by atoms with Gasteiger partial charge in [0.05, 0.1) is 6.20 Å². The van der Waals surface area contributed by atoms with Crippen molar-refractivity contribution in [2.24, 2.45) is 0 Å². The molecular weight excluding hydrogens is 182 g/mol. The predicted molar refractivity (Wildman–Crippen MR) is 51.4 cm³/mol. The van der Waals surface area contributed by atoms with Gasteiger partial charge in [-0.3, -0.25) is 0 Å². The maximum absolute atomic E-state index is 10.6. The van der Waals surface area contributed by atoms with Gasteiger partial charge in [0.2, 0.25) is 5.95 Å². The number of nitrogens with one attached hydrogen (secondary N) is 2. The van der Waals surface area contributed by atoms with E-state index in [1.165, 1.54) is 19.0 Å². The standard InChI is InChI=1S/C9H13N3O2/c13-8(14)7-5-10-9(12-7)11-6-3-1-2-4-6/h5-6H,1-4H2,(H,13,14)(H2,10,11,12). The lowest BCUT2D eigenvalue weighted by atomic mass is 10.3. The summed E-state index contributed by atoms with van der Waals surface area (Å²) in [6.07, 6.45) is 6.10. The molecule has 3 N–H and O–H groups in total. The zero-order chi connectivity index (χ0) is 9.97. The largest absolute Gasteiger partial charge is 0.477 e. The molecule has 76 valence electrons. The molecule has 0 saturated heterocycles. The van der Waals surface area contributed by atoms with E-state index in [0.29, 0.717) is 12.0 Å². The van der Waals surface area contributed by atoms with Crippen LogP contribution in [0.3, 0.4) is 0 Å². The number of nitrogens with zero attached hydrogens (tertiary/aromatic N) is 1. The third kappa shape index (κ3) is 1.86. The summed E-state index contributed by atoms with van der Waals surface area (Å²) >= 11 is 0. The Bertz CT molecular complexity index is 329. The molecule has 1 aliphatic carbocycles. The van der Waals surface area contributed by atoms with Crippen LogP contribution in [0.25, 0.3) is 0 Å². The SMILES string of the molecule is O=C(O)c1cnc(NC2CCCC2)[nH]1. The molecule has 0 aromatic carbocycles. The Morgan fingerprint density at radius 3 is 2.86 bits per heavy atom. The first-order chi connectivity index (χ1) is 6.75. The number of aromatic carboxylic acids is 1. The van der Waals surface area contributed by atoms with E-state index in [1.54, 1.807) is 0 Å². The highest BCUT2D eigenvalue weighted by molar-refractivity contribution is 5.85. The minimum absolute atomic E-state index is 0.130. The normalized spacial score (nSPS) is 17.1. The number of anilines is 1. The smallest absolute Gasteiger partial charge is 0.354 e. The van der Waals surface area contributed by atoms with Gasteiger partial charge < -0.3 is 15.4 Å². The third-order valence-electron chi connectivity index (χ3n) is 2.50. The van der Waals surface area contributed by atoms with E-state index in [0.717, 1.165) is 12.8 Å². The quantitative estimate of drug-likeness (QED) is 0.682. The summed E-state index contributed by atoms with van der Waals surface area (Å²) in [6.45, 7) is 0. The molecule has 1 fully saturated rings. The van der Waals surface area contributed by atoms with Gasteiger partial charge in [0, 0.05) is 6.04 Å². The molecule has 0 amide bonds. The van der Waals surface area contributed by atoms with Crippen molar-refractivity contribution in [3.05, 3.63) is 11.9 Å². The first kappa shape index (κ1) is 9.05. The number of aromatic amines is 1. The van der Waals surface area contributed by atoms with Crippen LogP contribution in [0.1, 0.15) is 36.2 Å². The van der Waals surface area contributed by atoms with Crippen molar-refractivity contribution >= 4 is 11.9 Å². The number of carboxylic acids is 1. The highest BCUT2D eigenvalue weighted by Gasteiger charge is 2.16. The van der Waals surface area contributed by atoms with Gasteiger partial charge in [-0.1, -0.05) is 12.8 Å². The summed E-state index contributed by atoms with van der Waals surface area (Å²) in [5.74, 6) is -0.411. The Morgan fingerprint density at radius 2 is 2.29 bits per heavy atom. The van der Waals surface area contributed by atoms with E-state index >= 15 is 0 Å². The molecule has 0 radical (unpaired) electrons. The number of imidazole rings is 1. The molecule has 5 nitrogen and oxygen atoms in total. The third-order valence-corrected chi connectivity index (χ3v) is 2.50. The van der Waals surface area contributed by atoms with Gasteiger partial charge in [0.25, 0.3) is 0 Å². The lowest BCUT2D eigenvalue weighted by Gasteiger charge is -2.09. The lowest BCUT2D eigenvalue weighted by molar-refractivity contribution is 0.0691. The van der Waals surface area contributed by atoms with Crippen molar-refractivity contribution in [2.75, 3.05) is 5.32 Å². The molecule has 0 aliphatic heterocycles. The number of rotatable bonds is 3. The number of H-pyrrole nitrogens is 1. The summed E-state index contributed by atoms with van der Waals surface area (Å²) in [5, 5.41) is 11.8. The predicted octanol–water partition coefficient (Wildman–Crippen LogP) is 1.46. The van der Waals surface area contributed by atoms with Crippen LogP contribution in [-0.2, 0) is 0 Å². The first-order valence-corrected chi connectivity index (χ1v) is 4.80. The molecule has 1 heterocycles. The van der Waals surface area contributed by atoms with Gasteiger partial charge in [-0.15, -0.1) is 0 Å². The lowest BCUT2D eigenvalue weighted by Crippen LogP contribution is -2.15. The van der Waals surface area contributed by atoms with Gasteiger partial charge in [0.15, 0.2) is 0 Å². The second kappa shape index (κ2) is 3.69. The average Bonchev–Trinajstić information content (AvgIpc) is 2.75. The Kier molecular flexibility index (Phi) is 2.39. The molecule has 2 rings (SSSR count). The summed E-state index contributed by atoms with van der Waals surface area (Å²) in [7, 11) is 0. The van der Waals surface area contributed by atoms with E-state index < -0.39 is 5.97 Å². The molecule has 1 saturated carbocycles. The van der Waals surface area contributed by atoms with Gasteiger partial charge in [-0.25, -0.2) is 9.78 Å². The number of hydrogen-bond acceptors (Lipinski definition) is 3. The minimum Gasteiger partial charge on any atom is -0.477 e. The molecule has 1 aliphatic rings. The van der Waals surface area contributed by atoms with E-state index in [4.69, 9.17) is 5.11 Å². The maximum Gasteiger partial charge on any atom is 0.354 e. The topological polar surface area (TPSA) is 78.0 Å². The molecule has 0 spiro atoms. The van der Waals surface area contributed by atoms with Crippen molar-refractivity contribution in [1.29, 1.82) is 0 Å². The van der Waals surface area contributed by atoms with Crippen molar-refractivity contribution < 1.29 is 9.90 Å². The molecule has 1 aromatic heterocycles. The van der Waals surface area contributed by atoms with E-state index in [2.05, 4.69) is 15.3 Å². The molecule has 5 heteroatoms. The number of carbonyl (C=O) groups is 1. The fraction of sp³-hybridized carbons (Fsp3) is 0.556. The highest BCUT2D eigenvalue weighted by Crippen LogP contribution is 2.20. The zero-order valence-electron chi connectivity index (χ0n) is 7.79. The van der Waals surface area contributed by atoms with Crippen LogP contribution in [0, 0.1) is 0 Å². The second-order valence-electron chi connectivity index (χ2n) is 3.58. The Morgan fingerprint density at radius 1 is 1.57 bits per heavy atom. The van der Waals surface area contributed by atoms with Crippen LogP contribution in [0.5, 0.6) is 0 Å². The van der Waals surface area contributed by atoms with Gasteiger partial charge >= 0.3 is 5.97 Å².